The third-order valence-electron chi connectivity index (χ3n) is 11.0. The van der Waals surface area contributed by atoms with E-state index in [0.717, 1.165) is 63.9 Å². The van der Waals surface area contributed by atoms with Gasteiger partial charge in [-0.2, -0.15) is 10.4 Å². The molecule has 0 amide bonds. The molecule has 5 rings (SSSR count). The lowest BCUT2D eigenvalue weighted by atomic mass is 9.87. The maximum absolute atomic E-state index is 14.4. The summed E-state index contributed by atoms with van der Waals surface area (Å²) in [7, 11) is -4.82. The summed E-state index contributed by atoms with van der Waals surface area (Å²) in [5.74, 6) is -0.281. The summed E-state index contributed by atoms with van der Waals surface area (Å²) < 4.78 is 59.3. The molecule has 2 saturated heterocycles. The number of nitrogen functional groups attached to an aromatic ring is 1. The predicted molar refractivity (Wildman–Crippen MR) is 207 cm³/mol. The van der Waals surface area contributed by atoms with Gasteiger partial charge in [-0.25, -0.2) is 18.5 Å². The van der Waals surface area contributed by atoms with Crippen LogP contribution in [0, 0.1) is 23.1 Å². The van der Waals surface area contributed by atoms with Crippen molar-refractivity contribution < 1.29 is 47.3 Å². The molecule has 4 heterocycles. The summed E-state index contributed by atoms with van der Waals surface area (Å²) >= 11 is 0. The first kappa shape index (κ1) is 44.1. The van der Waals surface area contributed by atoms with E-state index in [1.54, 1.807) is 12.1 Å². The molecule has 8 atom stereocenters. The van der Waals surface area contributed by atoms with E-state index in [9.17, 15) is 29.3 Å². The number of phosphoric ester groups is 1. The largest absolute Gasteiger partial charge is 0.472 e. The Kier molecular flexibility index (Phi) is 16.6. The Morgan fingerprint density at radius 2 is 1.84 bits per heavy atom. The number of rotatable bonds is 20. The molecular weight excluding hydrogens is 744 g/mol. The Labute approximate surface area is 329 Å². The van der Waals surface area contributed by atoms with Crippen LogP contribution in [0.15, 0.2) is 36.7 Å². The molecule has 310 valence electrons. The minimum Gasteiger partial charge on any atom is -0.387 e. The molecule has 16 heteroatoms. The third-order valence-corrected chi connectivity index (χ3v) is 11.9. The summed E-state index contributed by atoms with van der Waals surface area (Å²) in [6, 6.07) is 9.22. The first-order valence-corrected chi connectivity index (χ1v) is 21.6. The number of halogens is 1. The minimum atomic E-state index is -4.82. The highest BCUT2D eigenvalue weighted by Gasteiger charge is 2.53. The van der Waals surface area contributed by atoms with E-state index in [1.165, 1.54) is 62.0 Å². The van der Waals surface area contributed by atoms with Gasteiger partial charge < -0.3 is 35.1 Å². The van der Waals surface area contributed by atoms with Crippen LogP contribution in [0.3, 0.4) is 0 Å². The van der Waals surface area contributed by atoms with E-state index in [0.29, 0.717) is 23.4 Å². The fourth-order valence-electron chi connectivity index (χ4n) is 7.80. The van der Waals surface area contributed by atoms with Crippen molar-refractivity contribution >= 4 is 19.2 Å². The highest BCUT2D eigenvalue weighted by molar-refractivity contribution is 7.47. The van der Waals surface area contributed by atoms with Gasteiger partial charge in [-0.15, -0.1) is 0 Å². The average molecular weight is 804 g/mol. The summed E-state index contributed by atoms with van der Waals surface area (Å²) in [4.78, 5) is 15.0. The Hall–Kier alpha value is -3.03. The van der Waals surface area contributed by atoms with Gasteiger partial charge in [0.2, 0.25) is 0 Å². The summed E-state index contributed by atoms with van der Waals surface area (Å²) in [6.45, 7) is 3.06. The van der Waals surface area contributed by atoms with Crippen molar-refractivity contribution in [3.63, 3.8) is 0 Å². The van der Waals surface area contributed by atoms with Crippen LogP contribution in [0.4, 0.5) is 10.2 Å². The van der Waals surface area contributed by atoms with Gasteiger partial charge in [0, 0.05) is 6.61 Å². The van der Waals surface area contributed by atoms with Crippen molar-refractivity contribution in [3.05, 3.63) is 59.3 Å². The number of aliphatic hydroxyl groups is 2. The molecule has 2 aliphatic heterocycles. The second-order valence-corrected chi connectivity index (χ2v) is 16.8. The zero-order valence-electron chi connectivity index (χ0n) is 32.6. The normalized spacial score (nSPS) is 26.3. The number of unbranched alkanes of at least 4 members (excludes halogenated alkanes) is 7. The number of nitrogens with zero attached hydrogens (tertiary/aromatic N) is 4. The van der Waals surface area contributed by atoms with E-state index >= 15 is 0 Å². The zero-order valence-corrected chi connectivity index (χ0v) is 33.5. The van der Waals surface area contributed by atoms with Crippen molar-refractivity contribution in [2.24, 2.45) is 5.92 Å². The summed E-state index contributed by atoms with van der Waals surface area (Å²) in [5, 5.41) is 35.7. The summed E-state index contributed by atoms with van der Waals surface area (Å²) in [6.07, 6.45) is 11.1. The quantitative estimate of drug-likeness (QED) is 0.0666. The molecule has 0 saturated carbocycles. The van der Waals surface area contributed by atoms with Crippen LogP contribution in [0.25, 0.3) is 5.52 Å². The van der Waals surface area contributed by atoms with Crippen LogP contribution in [-0.2, 0) is 34.4 Å². The van der Waals surface area contributed by atoms with Crippen LogP contribution in [0.1, 0.15) is 127 Å². The van der Waals surface area contributed by atoms with Gasteiger partial charge >= 0.3 is 7.82 Å². The Balaban J connectivity index is 1.28. The standard InChI is InChI=1S/C40H59FN5O9P/c1-3-4-5-6-7-8-9-12-15-30-16-13-10-11-14-19-51-36(30)34(52-24-29-20-28(23-42)21-31(41)22-29)25-53-56(49,50)54-26-40(2)38(48)35(47)37(55-40)32-17-18-33-39(43)44-27-45-46(32)33/h17-18,20-22,27,30,34-38,47-48H,3-16,19,24-26H2,1-2H3,(H,49,50)(H2,43,44,45)/t30-,34-,35-,36?,37-,38-,40+/m0/s1. The molecule has 0 aliphatic carbocycles. The minimum absolute atomic E-state index is 0.0769. The third kappa shape index (κ3) is 12.0. The van der Waals surface area contributed by atoms with Crippen molar-refractivity contribution in [1.29, 1.82) is 5.26 Å². The van der Waals surface area contributed by atoms with Gasteiger partial charge in [0.05, 0.1) is 43.3 Å². The number of hydrogen-bond donors (Lipinski definition) is 4. The van der Waals surface area contributed by atoms with Crippen molar-refractivity contribution in [3.8, 4) is 6.07 Å². The Bertz CT molecular complexity index is 1780. The van der Waals surface area contributed by atoms with Gasteiger partial charge in [-0.05, 0) is 68.0 Å². The lowest BCUT2D eigenvalue weighted by Gasteiger charge is -2.34. The van der Waals surface area contributed by atoms with Gasteiger partial charge in [0.1, 0.15) is 47.7 Å². The molecule has 2 unspecified atom stereocenters. The van der Waals surface area contributed by atoms with E-state index < -0.39 is 63.0 Å². The maximum atomic E-state index is 14.4. The monoisotopic (exact) mass is 803 g/mol. The summed E-state index contributed by atoms with van der Waals surface area (Å²) in [5.41, 5.74) is 5.79. The first-order valence-electron chi connectivity index (χ1n) is 20.1. The van der Waals surface area contributed by atoms with E-state index in [1.807, 2.05) is 6.07 Å². The lowest BCUT2D eigenvalue weighted by molar-refractivity contribution is -0.124. The van der Waals surface area contributed by atoms with Crippen molar-refractivity contribution in [2.45, 2.75) is 146 Å². The number of aromatic nitrogens is 3. The molecule has 0 bridgehead atoms. The fourth-order valence-corrected chi connectivity index (χ4v) is 8.62. The number of nitriles is 1. The number of aliphatic hydroxyl groups excluding tert-OH is 2. The molecule has 2 aliphatic rings. The molecule has 2 fully saturated rings. The number of ether oxygens (including phenoxy) is 3. The molecular formula is C40H59FN5O9P. The number of phosphoric acid groups is 1. The smallest absolute Gasteiger partial charge is 0.387 e. The van der Waals surface area contributed by atoms with Crippen LogP contribution in [0.2, 0.25) is 0 Å². The predicted octanol–water partition coefficient (Wildman–Crippen LogP) is 7.09. The van der Waals surface area contributed by atoms with Crippen LogP contribution in [0.5, 0.6) is 0 Å². The van der Waals surface area contributed by atoms with Gasteiger partial charge in [0.15, 0.2) is 5.82 Å². The molecule has 2 aromatic heterocycles. The highest BCUT2D eigenvalue weighted by atomic mass is 31.2. The number of benzene rings is 1. The second-order valence-electron chi connectivity index (χ2n) is 15.4. The van der Waals surface area contributed by atoms with Crippen LogP contribution < -0.4 is 5.73 Å². The van der Waals surface area contributed by atoms with E-state index in [2.05, 4.69) is 17.0 Å². The molecule has 5 N–H and O–H groups in total. The van der Waals surface area contributed by atoms with Gasteiger partial charge in [-0.3, -0.25) is 9.05 Å². The molecule has 0 spiro atoms. The SMILES string of the molecule is CCCCCCCCCC[C@H]1CCCCCCOC1[C@H](COP(=O)(O)OC[C@@]1(C)O[C@@H](c2ccc3c(N)ncnn23)[C@H](O)[C@@H]1O)OCc1cc(F)cc(C#N)c1. The number of anilines is 1. The second kappa shape index (κ2) is 21.1. The van der Waals surface area contributed by atoms with Gasteiger partial charge in [0.25, 0.3) is 0 Å². The lowest BCUT2D eigenvalue weighted by Crippen LogP contribution is -2.44. The molecule has 14 nitrogen and oxygen atoms in total. The van der Waals surface area contributed by atoms with E-state index in [-0.39, 0.29) is 23.9 Å². The van der Waals surface area contributed by atoms with Crippen LogP contribution >= 0.6 is 7.82 Å². The molecule has 56 heavy (non-hydrogen) atoms. The van der Waals surface area contributed by atoms with E-state index in [4.69, 9.17) is 29.0 Å². The topological polar surface area (TPSA) is 204 Å². The van der Waals surface area contributed by atoms with Gasteiger partial charge in [-0.1, -0.05) is 77.6 Å². The number of fused-ring (bicyclic) bond motifs is 1. The highest BCUT2D eigenvalue weighted by Crippen LogP contribution is 2.48. The van der Waals surface area contributed by atoms with Crippen molar-refractivity contribution in [2.75, 3.05) is 25.6 Å². The van der Waals surface area contributed by atoms with Crippen molar-refractivity contribution in [1.82, 2.24) is 14.6 Å². The number of nitrogens with two attached hydrogens (primary N) is 1. The molecule has 0 radical (unpaired) electrons. The van der Waals surface area contributed by atoms with Crippen LogP contribution in [-0.4, -0.2) is 79.5 Å². The average Bonchev–Trinajstić information content (AvgIpc) is 3.74. The Morgan fingerprint density at radius 1 is 1.09 bits per heavy atom. The fraction of sp³-hybridized carbons (Fsp3) is 0.675. The molecule has 1 aromatic carbocycles. The molecule has 3 aromatic rings. The maximum Gasteiger partial charge on any atom is 0.472 e. The zero-order chi connectivity index (χ0) is 40.1. The Morgan fingerprint density at radius 3 is 2.61 bits per heavy atom. The first-order chi connectivity index (χ1) is 26.9. The number of hydrogen-bond acceptors (Lipinski definition) is 12.